The van der Waals surface area contributed by atoms with Crippen LogP contribution >= 0.6 is 22.7 Å². The highest BCUT2D eigenvalue weighted by atomic mass is 32.1. The van der Waals surface area contributed by atoms with E-state index in [4.69, 9.17) is 9.97 Å². The Morgan fingerprint density at radius 3 is 1.35 bits per heavy atom. The lowest BCUT2D eigenvalue weighted by Gasteiger charge is -2.34. The van der Waals surface area contributed by atoms with Gasteiger partial charge in [0.2, 0.25) is 0 Å². The molecule has 0 bridgehead atoms. The van der Waals surface area contributed by atoms with E-state index in [1.54, 1.807) is 0 Å². The topological polar surface area (TPSA) is 25.8 Å². The molecular weight excluding hydrogens is 873 g/mol. The minimum absolute atomic E-state index is 0.532. The van der Waals surface area contributed by atoms with Crippen molar-refractivity contribution in [2.45, 2.75) is 5.41 Å². The Morgan fingerprint density at radius 1 is 0.275 bits per heavy atom. The molecule has 0 saturated carbocycles. The fourth-order valence-electron chi connectivity index (χ4n) is 11.0. The van der Waals surface area contributed by atoms with Crippen molar-refractivity contribution in [3.63, 3.8) is 0 Å². The Morgan fingerprint density at radius 2 is 0.739 bits per heavy atom. The quantitative estimate of drug-likeness (QED) is 0.159. The van der Waals surface area contributed by atoms with Gasteiger partial charge in [-0.25, -0.2) is 9.97 Å². The third-order valence-corrected chi connectivity index (χ3v) is 16.5. The van der Waals surface area contributed by atoms with E-state index in [1.807, 2.05) is 22.7 Å². The molecular formula is C65H40N2S2. The average molecular weight is 913 g/mol. The van der Waals surface area contributed by atoms with E-state index in [-0.39, 0.29) is 0 Å². The Balaban J connectivity index is 0.999. The number of nitrogens with zero attached hydrogens (tertiary/aromatic N) is 2. The second-order valence-corrected chi connectivity index (χ2v) is 20.2. The number of hydrogen-bond donors (Lipinski definition) is 0. The molecule has 0 amide bonds. The summed E-state index contributed by atoms with van der Waals surface area (Å²) in [4.78, 5) is 10.9. The van der Waals surface area contributed by atoms with Crippen molar-refractivity contribution in [1.82, 2.24) is 9.97 Å². The van der Waals surface area contributed by atoms with Gasteiger partial charge in [0.05, 0.1) is 16.8 Å². The molecule has 3 heterocycles. The van der Waals surface area contributed by atoms with Crippen molar-refractivity contribution in [3.8, 4) is 67.3 Å². The van der Waals surface area contributed by atoms with Crippen molar-refractivity contribution in [1.29, 1.82) is 0 Å². The molecule has 0 fully saturated rings. The molecule has 10 aromatic carbocycles. The molecule has 1 aliphatic carbocycles. The summed E-state index contributed by atoms with van der Waals surface area (Å²) in [6, 6.07) is 88.9. The maximum Gasteiger partial charge on any atom is 0.160 e. The molecule has 69 heavy (non-hydrogen) atoms. The van der Waals surface area contributed by atoms with E-state index in [0.717, 1.165) is 39.2 Å². The summed E-state index contributed by atoms with van der Waals surface area (Å²) in [7, 11) is 0. The first-order valence-electron chi connectivity index (χ1n) is 23.4. The number of fused-ring (bicyclic) bond motifs is 9. The van der Waals surface area contributed by atoms with E-state index >= 15 is 0 Å². The van der Waals surface area contributed by atoms with Crippen LogP contribution in [0.5, 0.6) is 0 Å². The van der Waals surface area contributed by atoms with Crippen molar-refractivity contribution < 1.29 is 0 Å². The summed E-state index contributed by atoms with van der Waals surface area (Å²) in [6.45, 7) is 0. The first kappa shape index (κ1) is 39.8. The molecule has 0 N–H and O–H groups in total. The molecule has 0 aliphatic heterocycles. The van der Waals surface area contributed by atoms with Crippen LogP contribution in [0.25, 0.3) is 108 Å². The molecule has 3 aromatic heterocycles. The van der Waals surface area contributed by atoms with Gasteiger partial charge in [-0.05, 0) is 122 Å². The zero-order valence-corrected chi connectivity index (χ0v) is 38.9. The Labute approximate surface area is 408 Å². The molecule has 0 radical (unpaired) electrons. The average Bonchev–Trinajstić information content (AvgIpc) is 4.09. The fraction of sp³-hybridized carbons (Fsp3) is 0.0154. The fourth-order valence-corrected chi connectivity index (χ4v) is 13.2. The van der Waals surface area contributed by atoms with Gasteiger partial charge in [0.1, 0.15) is 0 Å². The Bertz CT molecular complexity index is 3960. The summed E-state index contributed by atoms with van der Waals surface area (Å²) in [5, 5.41) is 5.14. The Kier molecular flexibility index (Phi) is 9.20. The first-order chi connectivity index (χ1) is 34.2. The third-order valence-electron chi connectivity index (χ3n) is 14.2. The lowest BCUT2D eigenvalue weighted by atomic mass is 9.67. The maximum absolute atomic E-state index is 5.46. The van der Waals surface area contributed by atoms with Gasteiger partial charge in [0, 0.05) is 57.0 Å². The van der Waals surface area contributed by atoms with Crippen LogP contribution in [-0.2, 0) is 5.41 Å². The van der Waals surface area contributed by atoms with Crippen LogP contribution in [0.4, 0.5) is 0 Å². The van der Waals surface area contributed by atoms with E-state index < -0.39 is 5.41 Å². The van der Waals surface area contributed by atoms with Gasteiger partial charge < -0.3 is 0 Å². The Hall–Kier alpha value is -8.28. The van der Waals surface area contributed by atoms with Crippen LogP contribution in [0, 0.1) is 0 Å². The summed E-state index contributed by atoms with van der Waals surface area (Å²) in [5.41, 5.74) is 16.4. The predicted molar refractivity (Wildman–Crippen MR) is 292 cm³/mol. The van der Waals surface area contributed by atoms with Gasteiger partial charge in [0.25, 0.3) is 0 Å². The third kappa shape index (κ3) is 6.44. The highest BCUT2D eigenvalue weighted by molar-refractivity contribution is 7.26. The SMILES string of the molecule is c1ccc(-c2nc(-c3cc(-c4ccc5sc6ccccc6c5c4)cc(-c4ccc5sc6ccccc6c5c4)c3)cc(-c3ccc4c(c3)C(c3ccccc3)(c3ccccc3)c3ccccc3-4)n2)cc1. The van der Waals surface area contributed by atoms with Gasteiger partial charge in [0.15, 0.2) is 5.82 Å². The van der Waals surface area contributed by atoms with Gasteiger partial charge in [-0.2, -0.15) is 0 Å². The van der Waals surface area contributed by atoms with Crippen LogP contribution in [0.3, 0.4) is 0 Å². The van der Waals surface area contributed by atoms with Crippen LogP contribution in [0.15, 0.2) is 243 Å². The van der Waals surface area contributed by atoms with Gasteiger partial charge in [-0.3, -0.25) is 0 Å². The van der Waals surface area contributed by atoms with Gasteiger partial charge >= 0.3 is 0 Å². The molecule has 4 heteroatoms. The molecule has 14 rings (SSSR count). The lowest BCUT2D eigenvalue weighted by Crippen LogP contribution is -2.28. The molecule has 322 valence electrons. The predicted octanol–water partition coefficient (Wildman–Crippen LogP) is 17.9. The number of hydrogen-bond acceptors (Lipinski definition) is 4. The molecule has 0 unspecified atom stereocenters. The molecule has 13 aromatic rings. The zero-order chi connectivity index (χ0) is 45.5. The van der Waals surface area contributed by atoms with Crippen LogP contribution < -0.4 is 0 Å². The highest BCUT2D eigenvalue weighted by Crippen LogP contribution is 2.57. The minimum atomic E-state index is -0.532. The molecule has 1 aliphatic rings. The number of rotatable bonds is 7. The van der Waals surface area contributed by atoms with Crippen LogP contribution in [0.1, 0.15) is 22.3 Å². The molecule has 0 saturated heterocycles. The normalized spacial score (nSPS) is 12.8. The molecule has 2 nitrogen and oxygen atoms in total. The van der Waals surface area contributed by atoms with E-state index in [1.165, 1.54) is 84.9 Å². The largest absolute Gasteiger partial charge is 0.228 e. The minimum Gasteiger partial charge on any atom is -0.228 e. The standard InChI is InChI=1S/C65H40N2S2/c1-4-16-41(17-5-1)64-66-58(44-28-31-51-50-22-10-13-25-56(50)65(57(51)39-44,48-18-6-2-7-19-48)49-20-8-3-9-21-49)40-59(67-64)47-35-45(42-29-32-62-54(37-42)52-23-11-14-26-60(52)68-62)34-46(36-47)43-30-33-63-55(38-43)53-24-12-15-27-61(53)69-63/h1-40H. The van der Waals surface area contributed by atoms with Crippen molar-refractivity contribution in [2.75, 3.05) is 0 Å². The first-order valence-corrected chi connectivity index (χ1v) is 25.1. The summed E-state index contributed by atoms with van der Waals surface area (Å²) in [5.74, 6) is 0.688. The monoisotopic (exact) mass is 912 g/mol. The van der Waals surface area contributed by atoms with Crippen molar-refractivity contribution in [2.24, 2.45) is 0 Å². The van der Waals surface area contributed by atoms with Crippen LogP contribution in [0.2, 0.25) is 0 Å². The lowest BCUT2D eigenvalue weighted by molar-refractivity contribution is 0.768. The summed E-state index contributed by atoms with van der Waals surface area (Å²) < 4.78 is 5.19. The van der Waals surface area contributed by atoms with E-state index in [9.17, 15) is 0 Å². The summed E-state index contributed by atoms with van der Waals surface area (Å²) in [6.07, 6.45) is 0. The van der Waals surface area contributed by atoms with Crippen molar-refractivity contribution in [3.05, 3.63) is 265 Å². The number of thiophene rings is 2. The highest BCUT2D eigenvalue weighted by Gasteiger charge is 2.46. The maximum atomic E-state index is 5.46. The molecule has 0 spiro atoms. The van der Waals surface area contributed by atoms with Gasteiger partial charge in [-0.1, -0.05) is 176 Å². The van der Waals surface area contributed by atoms with Gasteiger partial charge in [-0.15, -0.1) is 22.7 Å². The van der Waals surface area contributed by atoms with E-state index in [0.29, 0.717) is 5.82 Å². The second-order valence-electron chi connectivity index (χ2n) is 18.0. The van der Waals surface area contributed by atoms with E-state index in [2.05, 4.69) is 243 Å². The van der Waals surface area contributed by atoms with Crippen molar-refractivity contribution >= 4 is 63.0 Å². The molecule has 0 atom stereocenters. The number of aromatic nitrogens is 2. The number of benzene rings is 10. The smallest absolute Gasteiger partial charge is 0.160 e. The second kappa shape index (κ2) is 15.9. The van der Waals surface area contributed by atoms with Crippen LogP contribution in [-0.4, -0.2) is 9.97 Å². The zero-order valence-electron chi connectivity index (χ0n) is 37.3. The summed E-state index contributed by atoms with van der Waals surface area (Å²) >= 11 is 3.70.